The first-order chi connectivity index (χ1) is 7.06. The number of hydrogen-bond donors (Lipinski definition) is 0. The fraction of sp³-hybridized carbons (Fsp3) is 0.727. The number of rotatable bonds is 8. The molecule has 1 atom stereocenters. The van der Waals surface area contributed by atoms with E-state index in [4.69, 9.17) is 14.2 Å². The lowest BCUT2D eigenvalue weighted by molar-refractivity contribution is -0.144. The quantitative estimate of drug-likeness (QED) is 0.270. The van der Waals surface area contributed by atoms with Crippen LogP contribution in [-0.2, 0) is 19.0 Å². The molecule has 0 rings (SSSR count). The maximum absolute atomic E-state index is 10.5. The van der Waals surface area contributed by atoms with Crippen LogP contribution in [0, 0.1) is 0 Å². The van der Waals surface area contributed by atoms with Gasteiger partial charge in [0.05, 0.1) is 6.61 Å². The molecule has 0 saturated heterocycles. The molecule has 0 aliphatic heterocycles. The Morgan fingerprint density at radius 1 is 1.47 bits per heavy atom. The summed E-state index contributed by atoms with van der Waals surface area (Å²) in [6, 6.07) is 0. The third-order valence-electron chi connectivity index (χ3n) is 1.62. The second kappa shape index (κ2) is 8.29. The first-order valence-electron chi connectivity index (χ1n) is 5.15. The summed E-state index contributed by atoms with van der Waals surface area (Å²) in [4.78, 5) is 10.5. The van der Waals surface area contributed by atoms with Crippen molar-refractivity contribution in [3.8, 4) is 0 Å². The zero-order valence-corrected chi connectivity index (χ0v) is 9.75. The molecule has 0 spiro atoms. The molecule has 0 aromatic carbocycles. The normalized spacial score (nSPS) is 11.9. The van der Waals surface area contributed by atoms with Crippen LogP contribution in [0.15, 0.2) is 12.3 Å². The number of esters is 1. The monoisotopic (exact) mass is 216 g/mol. The van der Waals surface area contributed by atoms with Crippen molar-refractivity contribution in [2.24, 2.45) is 0 Å². The summed E-state index contributed by atoms with van der Waals surface area (Å²) in [5.74, 6) is 0.0495. The van der Waals surface area contributed by atoms with Crippen LogP contribution in [0.25, 0.3) is 0 Å². The fourth-order valence-electron chi connectivity index (χ4n) is 0.879. The van der Waals surface area contributed by atoms with Crippen LogP contribution >= 0.6 is 0 Å². The number of unbranched alkanes of at least 4 members (excludes halogenated alkanes) is 1. The van der Waals surface area contributed by atoms with Gasteiger partial charge < -0.3 is 14.2 Å². The molecule has 1 unspecified atom stereocenters. The highest BCUT2D eigenvalue weighted by Crippen LogP contribution is 2.03. The van der Waals surface area contributed by atoms with Crippen LogP contribution < -0.4 is 0 Å². The molecule has 0 fully saturated rings. The number of carbonyl (C=O) groups excluding carboxylic acids is 1. The van der Waals surface area contributed by atoms with Gasteiger partial charge in [-0.2, -0.15) is 0 Å². The average molecular weight is 216 g/mol. The van der Waals surface area contributed by atoms with Crippen LogP contribution in [0.5, 0.6) is 0 Å². The van der Waals surface area contributed by atoms with E-state index in [1.54, 1.807) is 6.92 Å². The first kappa shape index (κ1) is 14.0. The third-order valence-corrected chi connectivity index (χ3v) is 1.62. The van der Waals surface area contributed by atoms with Gasteiger partial charge in [-0.25, -0.2) is 0 Å². The van der Waals surface area contributed by atoms with Crippen molar-refractivity contribution < 1.29 is 19.0 Å². The molecule has 0 N–H and O–H groups in total. The van der Waals surface area contributed by atoms with Gasteiger partial charge in [-0.3, -0.25) is 4.79 Å². The van der Waals surface area contributed by atoms with E-state index in [1.165, 1.54) is 6.92 Å². The molecule has 15 heavy (non-hydrogen) atoms. The number of carbonyl (C=O) groups is 1. The van der Waals surface area contributed by atoms with Crippen LogP contribution in [0.4, 0.5) is 0 Å². The molecule has 4 nitrogen and oxygen atoms in total. The van der Waals surface area contributed by atoms with Gasteiger partial charge in [0, 0.05) is 6.92 Å². The minimum Gasteiger partial charge on any atom is -0.467 e. The Morgan fingerprint density at radius 3 is 2.67 bits per heavy atom. The molecule has 0 bridgehead atoms. The highest BCUT2D eigenvalue weighted by atomic mass is 16.7. The molecular formula is C11H20O4. The van der Waals surface area contributed by atoms with Gasteiger partial charge in [0.1, 0.15) is 12.4 Å². The summed E-state index contributed by atoms with van der Waals surface area (Å²) in [7, 11) is 0. The van der Waals surface area contributed by atoms with Gasteiger partial charge in [0.25, 0.3) is 0 Å². The Balaban J connectivity index is 3.53. The Hall–Kier alpha value is -1.03. The molecule has 0 aliphatic rings. The molecule has 0 amide bonds. The molecule has 88 valence electrons. The topological polar surface area (TPSA) is 44.8 Å². The lowest BCUT2D eigenvalue weighted by Gasteiger charge is -2.16. The summed E-state index contributed by atoms with van der Waals surface area (Å²) >= 11 is 0. The zero-order valence-electron chi connectivity index (χ0n) is 9.75. The maximum atomic E-state index is 10.5. The number of hydrogen-bond acceptors (Lipinski definition) is 4. The standard InChI is InChI=1S/C11H20O4/c1-5-6-7-13-11(4)15-9(2)8-14-10(3)12/h11H,2,5-8H2,1,3-4H3. The van der Waals surface area contributed by atoms with E-state index < -0.39 is 0 Å². The lowest BCUT2D eigenvalue weighted by atomic mass is 10.4. The third kappa shape index (κ3) is 9.28. The van der Waals surface area contributed by atoms with E-state index >= 15 is 0 Å². The van der Waals surface area contributed by atoms with E-state index in [1.807, 2.05) is 0 Å². The van der Waals surface area contributed by atoms with Gasteiger partial charge in [-0.1, -0.05) is 19.9 Å². The summed E-state index contributed by atoms with van der Waals surface area (Å²) in [6.45, 7) is 9.58. The van der Waals surface area contributed by atoms with E-state index in [9.17, 15) is 4.79 Å². The van der Waals surface area contributed by atoms with E-state index in [0.717, 1.165) is 12.8 Å². The first-order valence-corrected chi connectivity index (χ1v) is 5.15. The Bertz CT molecular complexity index is 201. The second-order valence-corrected chi connectivity index (χ2v) is 3.23. The average Bonchev–Trinajstić information content (AvgIpc) is 2.15. The van der Waals surface area contributed by atoms with Crippen molar-refractivity contribution >= 4 is 5.97 Å². The molecule has 0 heterocycles. The Labute approximate surface area is 91.2 Å². The summed E-state index contributed by atoms with van der Waals surface area (Å²) in [6.07, 6.45) is 1.74. The van der Waals surface area contributed by atoms with Gasteiger partial charge >= 0.3 is 5.97 Å². The molecule has 0 aromatic rings. The van der Waals surface area contributed by atoms with Crippen molar-refractivity contribution in [3.05, 3.63) is 12.3 Å². The predicted molar refractivity (Wildman–Crippen MR) is 57.2 cm³/mol. The van der Waals surface area contributed by atoms with Crippen molar-refractivity contribution in [1.82, 2.24) is 0 Å². The summed E-state index contributed by atoms with van der Waals surface area (Å²) < 4.78 is 15.3. The highest BCUT2D eigenvalue weighted by molar-refractivity contribution is 5.66. The van der Waals surface area contributed by atoms with E-state index in [0.29, 0.717) is 12.4 Å². The van der Waals surface area contributed by atoms with Gasteiger partial charge in [0.15, 0.2) is 6.29 Å². The molecule has 0 radical (unpaired) electrons. The van der Waals surface area contributed by atoms with Crippen molar-refractivity contribution in [3.63, 3.8) is 0 Å². The minimum atomic E-state index is -0.348. The van der Waals surface area contributed by atoms with Crippen molar-refractivity contribution in [2.75, 3.05) is 13.2 Å². The molecule has 0 aliphatic carbocycles. The van der Waals surface area contributed by atoms with Crippen LogP contribution in [-0.4, -0.2) is 25.5 Å². The molecule has 0 saturated carbocycles. The van der Waals surface area contributed by atoms with Crippen LogP contribution in [0.1, 0.15) is 33.6 Å². The van der Waals surface area contributed by atoms with Crippen molar-refractivity contribution in [2.45, 2.75) is 39.9 Å². The van der Waals surface area contributed by atoms with Crippen LogP contribution in [0.2, 0.25) is 0 Å². The molecule has 4 heteroatoms. The summed E-state index contributed by atoms with van der Waals surface area (Å²) in [5, 5.41) is 0. The largest absolute Gasteiger partial charge is 0.467 e. The molecule has 0 aromatic heterocycles. The predicted octanol–water partition coefficient (Wildman–Crippen LogP) is 2.24. The maximum Gasteiger partial charge on any atom is 0.303 e. The summed E-state index contributed by atoms with van der Waals surface area (Å²) in [5.41, 5.74) is 0. The van der Waals surface area contributed by atoms with E-state index in [2.05, 4.69) is 13.5 Å². The number of ether oxygens (including phenoxy) is 3. The van der Waals surface area contributed by atoms with Gasteiger partial charge in [-0.05, 0) is 13.3 Å². The van der Waals surface area contributed by atoms with E-state index in [-0.39, 0.29) is 18.9 Å². The van der Waals surface area contributed by atoms with Gasteiger partial charge in [-0.15, -0.1) is 0 Å². The van der Waals surface area contributed by atoms with Crippen molar-refractivity contribution in [1.29, 1.82) is 0 Å². The zero-order chi connectivity index (χ0) is 11.7. The highest BCUT2D eigenvalue weighted by Gasteiger charge is 2.05. The fourth-order valence-corrected chi connectivity index (χ4v) is 0.879. The van der Waals surface area contributed by atoms with Gasteiger partial charge in [0.2, 0.25) is 0 Å². The molecular weight excluding hydrogens is 196 g/mol. The second-order valence-electron chi connectivity index (χ2n) is 3.23. The Morgan fingerprint density at radius 2 is 2.13 bits per heavy atom. The minimum absolute atomic E-state index is 0.0802. The SMILES string of the molecule is C=C(COC(C)=O)OC(C)OCCCC. The smallest absolute Gasteiger partial charge is 0.303 e. The lowest BCUT2D eigenvalue weighted by Crippen LogP contribution is -2.16. The Kier molecular flexibility index (Phi) is 7.72. The van der Waals surface area contributed by atoms with Crippen LogP contribution in [0.3, 0.4) is 0 Å².